The summed E-state index contributed by atoms with van der Waals surface area (Å²) in [5.74, 6) is -0.00938. The molecular weight excluding hydrogens is 374 g/mol. The van der Waals surface area contributed by atoms with Crippen molar-refractivity contribution in [2.24, 2.45) is 0 Å². The van der Waals surface area contributed by atoms with Crippen molar-refractivity contribution in [1.82, 2.24) is 9.71 Å². The maximum absolute atomic E-state index is 12.4. The van der Waals surface area contributed by atoms with Crippen LogP contribution >= 0.6 is 27.3 Å². The third-order valence-corrected chi connectivity index (χ3v) is 5.87. The molecule has 0 fully saturated rings. The molecule has 0 aromatic carbocycles. The molecule has 1 unspecified atom stereocenters. The standard InChI is InChI=1S/C13H16BrN3O2S2/c1-8(5-11-4-3-9(2)20-11)17-21(18,19)12-6-10(14)7-16-13(12)15/h3-4,6-8,17H,5H2,1-2H3,(H2,15,16). The molecule has 0 spiro atoms. The number of nitrogens with zero attached hydrogens (tertiary/aromatic N) is 1. The van der Waals surface area contributed by atoms with Crippen molar-refractivity contribution in [2.45, 2.75) is 31.2 Å². The Kier molecular flexibility index (Phi) is 5.03. The molecular formula is C13H16BrN3O2S2. The zero-order chi connectivity index (χ0) is 15.6. The molecule has 2 heterocycles. The maximum Gasteiger partial charge on any atom is 0.244 e. The molecule has 21 heavy (non-hydrogen) atoms. The van der Waals surface area contributed by atoms with Crippen LogP contribution in [0.5, 0.6) is 0 Å². The van der Waals surface area contributed by atoms with Gasteiger partial charge in [0.1, 0.15) is 10.7 Å². The molecule has 0 aliphatic heterocycles. The lowest BCUT2D eigenvalue weighted by Crippen LogP contribution is -2.34. The van der Waals surface area contributed by atoms with E-state index in [4.69, 9.17) is 5.73 Å². The first kappa shape index (κ1) is 16.4. The Balaban J connectivity index is 2.15. The Hall–Kier alpha value is -0.960. The predicted molar refractivity (Wildman–Crippen MR) is 88.9 cm³/mol. The number of sulfonamides is 1. The van der Waals surface area contributed by atoms with Gasteiger partial charge in [0.05, 0.1) is 0 Å². The normalized spacial score (nSPS) is 13.3. The van der Waals surface area contributed by atoms with E-state index >= 15 is 0 Å². The Morgan fingerprint density at radius 2 is 2.19 bits per heavy atom. The second kappa shape index (κ2) is 6.43. The first-order chi connectivity index (χ1) is 9.78. The Morgan fingerprint density at radius 3 is 2.81 bits per heavy atom. The number of aryl methyl sites for hydroxylation is 1. The monoisotopic (exact) mass is 389 g/mol. The van der Waals surface area contributed by atoms with Crippen molar-refractivity contribution < 1.29 is 8.42 Å². The fourth-order valence-electron chi connectivity index (χ4n) is 1.91. The summed E-state index contributed by atoms with van der Waals surface area (Å²) in [5, 5.41) is 0. The highest BCUT2D eigenvalue weighted by molar-refractivity contribution is 9.10. The third kappa shape index (κ3) is 4.26. The fraction of sp³-hybridized carbons (Fsp3) is 0.308. The number of hydrogen-bond donors (Lipinski definition) is 2. The van der Waals surface area contributed by atoms with E-state index in [1.54, 1.807) is 11.3 Å². The average molecular weight is 390 g/mol. The molecule has 0 amide bonds. The second-order valence-corrected chi connectivity index (χ2v) is 8.75. The topological polar surface area (TPSA) is 85.1 Å². The lowest BCUT2D eigenvalue weighted by atomic mass is 10.2. The first-order valence-electron chi connectivity index (χ1n) is 6.26. The van der Waals surface area contributed by atoms with Crippen LogP contribution in [0.3, 0.4) is 0 Å². The van der Waals surface area contributed by atoms with Crippen molar-refractivity contribution >= 4 is 43.1 Å². The minimum Gasteiger partial charge on any atom is -0.383 e. The van der Waals surface area contributed by atoms with E-state index < -0.39 is 10.0 Å². The minimum atomic E-state index is -3.69. The van der Waals surface area contributed by atoms with Gasteiger partial charge in [-0.25, -0.2) is 18.1 Å². The molecule has 0 saturated carbocycles. The fourth-order valence-corrected chi connectivity index (χ4v) is 4.77. The zero-order valence-corrected chi connectivity index (χ0v) is 14.8. The average Bonchev–Trinajstić information content (AvgIpc) is 2.76. The van der Waals surface area contributed by atoms with E-state index in [9.17, 15) is 8.42 Å². The van der Waals surface area contributed by atoms with Gasteiger partial charge in [0.2, 0.25) is 10.0 Å². The van der Waals surface area contributed by atoms with Gasteiger partial charge < -0.3 is 5.73 Å². The molecule has 0 aliphatic rings. The van der Waals surface area contributed by atoms with E-state index in [0.717, 1.165) is 4.88 Å². The number of nitrogen functional groups attached to an aromatic ring is 1. The van der Waals surface area contributed by atoms with Crippen LogP contribution in [-0.4, -0.2) is 19.4 Å². The highest BCUT2D eigenvalue weighted by Crippen LogP contribution is 2.22. The highest BCUT2D eigenvalue weighted by atomic mass is 79.9. The van der Waals surface area contributed by atoms with Crippen LogP contribution in [0.4, 0.5) is 5.82 Å². The molecule has 2 aromatic heterocycles. The quantitative estimate of drug-likeness (QED) is 0.822. The van der Waals surface area contributed by atoms with Gasteiger partial charge in [-0.2, -0.15) is 0 Å². The van der Waals surface area contributed by atoms with Crippen molar-refractivity contribution in [3.8, 4) is 0 Å². The summed E-state index contributed by atoms with van der Waals surface area (Å²) in [6.45, 7) is 3.85. The van der Waals surface area contributed by atoms with Crippen molar-refractivity contribution in [1.29, 1.82) is 0 Å². The van der Waals surface area contributed by atoms with Gasteiger partial charge in [-0.05, 0) is 54.4 Å². The molecule has 2 aromatic rings. The molecule has 0 saturated heterocycles. The van der Waals surface area contributed by atoms with Gasteiger partial charge >= 0.3 is 0 Å². The number of aromatic nitrogens is 1. The van der Waals surface area contributed by atoms with Gasteiger partial charge in [-0.3, -0.25) is 0 Å². The lowest BCUT2D eigenvalue weighted by Gasteiger charge is -2.14. The predicted octanol–water partition coefficient (Wildman–Crippen LogP) is 2.71. The number of pyridine rings is 1. The van der Waals surface area contributed by atoms with E-state index in [-0.39, 0.29) is 16.8 Å². The summed E-state index contributed by atoms with van der Waals surface area (Å²) < 4.78 is 27.9. The number of hydrogen-bond acceptors (Lipinski definition) is 5. The van der Waals surface area contributed by atoms with Gasteiger partial charge in [-0.1, -0.05) is 0 Å². The summed E-state index contributed by atoms with van der Waals surface area (Å²) in [6.07, 6.45) is 2.10. The van der Waals surface area contributed by atoms with Crippen molar-refractivity contribution in [3.63, 3.8) is 0 Å². The molecule has 0 radical (unpaired) electrons. The number of nitrogens with one attached hydrogen (secondary N) is 1. The number of rotatable bonds is 5. The van der Waals surface area contributed by atoms with E-state index in [0.29, 0.717) is 10.9 Å². The Labute approximate surface area is 136 Å². The van der Waals surface area contributed by atoms with Crippen LogP contribution in [0.25, 0.3) is 0 Å². The minimum absolute atomic E-state index is 0.00825. The van der Waals surface area contributed by atoms with Crippen LogP contribution in [0, 0.1) is 6.92 Å². The molecule has 3 N–H and O–H groups in total. The molecule has 2 rings (SSSR count). The summed E-state index contributed by atoms with van der Waals surface area (Å²) >= 11 is 4.87. The van der Waals surface area contributed by atoms with E-state index in [1.165, 1.54) is 17.1 Å². The van der Waals surface area contributed by atoms with Gasteiger partial charge in [0.25, 0.3) is 0 Å². The van der Waals surface area contributed by atoms with Crippen LogP contribution in [0.15, 0.2) is 33.8 Å². The largest absolute Gasteiger partial charge is 0.383 e. The van der Waals surface area contributed by atoms with Crippen molar-refractivity contribution in [2.75, 3.05) is 5.73 Å². The number of thiophene rings is 1. The number of halogens is 1. The zero-order valence-electron chi connectivity index (χ0n) is 11.6. The first-order valence-corrected chi connectivity index (χ1v) is 9.36. The lowest BCUT2D eigenvalue weighted by molar-refractivity contribution is 0.561. The summed E-state index contributed by atoms with van der Waals surface area (Å²) in [6, 6.07) is 5.26. The highest BCUT2D eigenvalue weighted by Gasteiger charge is 2.21. The number of anilines is 1. The Morgan fingerprint density at radius 1 is 1.48 bits per heavy atom. The Bertz CT molecular complexity index is 744. The van der Waals surface area contributed by atoms with E-state index in [1.807, 2.05) is 26.0 Å². The molecule has 114 valence electrons. The summed E-state index contributed by atoms with van der Waals surface area (Å²) in [7, 11) is -3.69. The summed E-state index contributed by atoms with van der Waals surface area (Å²) in [5.41, 5.74) is 5.66. The summed E-state index contributed by atoms with van der Waals surface area (Å²) in [4.78, 5) is 6.20. The van der Waals surface area contributed by atoms with Gasteiger partial charge in [0.15, 0.2) is 0 Å². The number of nitrogens with two attached hydrogens (primary N) is 1. The molecule has 1 atom stereocenters. The van der Waals surface area contributed by atoms with Crippen LogP contribution in [0.2, 0.25) is 0 Å². The molecule has 5 nitrogen and oxygen atoms in total. The molecule has 0 bridgehead atoms. The third-order valence-electron chi connectivity index (χ3n) is 2.80. The molecule has 0 aliphatic carbocycles. The van der Waals surface area contributed by atoms with Crippen LogP contribution in [0.1, 0.15) is 16.7 Å². The van der Waals surface area contributed by atoms with Gasteiger partial charge in [-0.15, -0.1) is 11.3 Å². The molecule has 8 heteroatoms. The van der Waals surface area contributed by atoms with Crippen LogP contribution in [-0.2, 0) is 16.4 Å². The van der Waals surface area contributed by atoms with Gasteiger partial charge in [0, 0.05) is 26.5 Å². The van der Waals surface area contributed by atoms with Crippen molar-refractivity contribution in [3.05, 3.63) is 38.6 Å². The smallest absolute Gasteiger partial charge is 0.244 e. The van der Waals surface area contributed by atoms with Crippen LogP contribution < -0.4 is 10.5 Å². The van der Waals surface area contributed by atoms with E-state index in [2.05, 4.69) is 25.6 Å². The second-order valence-electron chi connectivity index (χ2n) is 4.78. The SMILES string of the molecule is Cc1ccc(CC(C)NS(=O)(=O)c2cc(Br)cnc2N)s1. The maximum atomic E-state index is 12.4.